The smallest absolute Gasteiger partial charge is 0.263 e. The Kier molecular flexibility index (Phi) is 4.08. The topological polar surface area (TPSA) is 67.0 Å². The fourth-order valence-corrected chi connectivity index (χ4v) is 1.94. The fraction of sp³-hybridized carbons (Fsp3) is 0.333. The third-order valence-electron chi connectivity index (χ3n) is 3.08. The summed E-state index contributed by atoms with van der Waals surface area (Å²) < 4.78 is 5.50. The van der Waals surface area contributed by atoms with E-state index in [4.69, 9.17) is 4.74 Å². The van der Waals surface area contributed by atoms with Gasteiger partial charge in [0.25, 0.3) is 5.91 Å². The molecule has 2 rings (SSSR count). The van der Waals surface area contributed by atoms with E-state index in [9.17, 15) is 4.79 Å². The van der Waals surface area contributed by atoms with Gasteiger partial charge in [-0.1, -0.05) is 6.07 Å². The summed E-state index contributed by atoms with van der Waals surface area (Å²) in [7, 11) is 0. The van der Waals surface area contributed by atoms with E-state index in [0.29, 0.717) is 11.6 Å². The molecular weight excluding hydrogens is 254 g/mol. The van der Waals surface area contributed by atoms with Crippen LogP contribution in [0.1, 0.15) is 22.4 Å². The number of ether oxygens (including phenoxy) is 1. The van der Waals surface area contributed by atoms with Gasteiger partial charge in [-0.05, 0) is 51.0 Å². The maximum atomic E-state index is 11.8. The Morgan fingerprint density at radius 2 is 1.85 bits per heavy atom. The van der Waals surface area contributed by atoms with Gasteiger partial charge in [-0.2, -0.15) is 5.10 Å². The number of H-pyrrole nitrogens is 1. The molecule has 5 nitrogen and oxygen atoms in total. The largest absolute Gasteiger partial charge is 0.484 e. The minimum atomic E-state index is -0.223. The highest BCUT2D eigenvalue weighted by Gasteiger charge is 2.10. The molecule has 1 aromatic carbocycles. The summed E-state index contributed by atoms with van der Waals surface area (Å²) >= 11 is 0. The molecule has 0 aliphatic rings. The van der Waals surface area contributed by atoms with E-state index in [0.717, 1.165) is 22.4 Å². The summed E-state index contributed by atoms with van der Waals surface area (Å²) in [5.41, 5.74) is 4.10. The second-order valence-electron chi connectivity index (χ2n) is 4.98. The molecule has 0 saturated carbocycles. The standard InChI is InChI=1S/C15H19N3O2/c1-9-5-10(2)7-13(6-9)20-8-14(19)16-15-11(3)12(4)17-18-15/h5-7H,8H2,1-4H3,(H2,16,17,18,19). The number of amides is 1. The van der Waals surface area contributed by atoms with Gasteiger partial charge in [-0.3, -0.25) is 9.89 Å². The maximum absolute atomic E-state index is 11.8. The SMILES string of the molecule is Cc1cc(C)cc(OCC(=O)Nc2n[nH]c(C)c2C)c1. The second-order valence-corrected chi connectivity index (χ2v) is 4.98. The quantitative estimate of drug-likeness (QED) is 0.900. The summed E-state index contributed by atoms with van der Waals surface area (Å²) in [5, 5.41) is 9.58. The van der Waals surface area contributed by atoms with Crippen LogP contribution in [0.2, 0.25) is 0 Å². The number of hydrogen-bond acceptors (Lipinski definition) is 3. The van der Waals surface area contributed by atoms with Crippen molar-refractivity contribution >= 4 is 11.7 Å². The Morgan fingerprint density at radius 1 is 1.20 bits per heavy atom. The average Bonchev–Trinajstić information content (AvgIpc) is 2.67. The number of nitrogens with one attached hydrogen (secondary N) is 2. The van der Waals surface area contributed by atoms with E-state index in [-0.39, 0.29) is 12.5 Å². The predicted molar refractivity (Wildman–Crippen MR) is 78.1 cm³/mol. The minimum absolute atomic E-state index is 0.0335. The van der Waals surface area contributed by atoms with Gasteiger partial charge in [0.2, 0.25) is 0 Å². The highest BCUT2D eigenvalue weighted by atomic mass is 16.5. The molecule has 0 saturated heterocycles. The maximum Gasteiger partial charge on any atom is 0.263 e. The number of anilines is 1. The number of aromatic amines is 1. The van der Waals surface area contributed by atoms with Gasteiger partial charge in [-0.15, -0.1) is 0 Å². The summed E-state index contributed by atoms with van der Waals surface area (Å²) in [6.45, 7) is 7.77. The number of aryl methyl sites for hydroxylation is 3. The van der Waals surface area contributed by atoms with Crippen LogP contribution >= 0.6 is 0 Å². The van der Waals surface area contributed by atoms with E-state index < -0.39 is 0 Å². The van der Waals surface area contributed by atoms with Gasteiger partial charge in [0.05, 0.1) is 0 Å². The van der Waals surface area contributed by atoms with Gasteiger partial charge < -0.3 is 10.1 Å². The van der Waals surface area contributed by atoms with Crippen molar-refractivity contribution in [2.75, 3.05) is 11.9 Å². The van der Waals surface area contributed by atoms with E-state index in [2.05, 4.69) is 21.6 Å². The molecule has 0 radical (unpaired) electrons. The van der Waals surface area contributed by atoms with Gasteiger partial charge >= 0.3 is 0 Å². The Morgan fingerprint density at radius 3 is 2.40 bits per heavy atom. The molecule has 0 aliphatic heterocycles. The molecule has 0 unspecified atom stereocenters. The molecule has 0 spiro atoms. The van der Waals surface area contributed by atoms with Crippen molar-refractivity contribution in [2.45, 2.75) is 27.7 Å². The van der Waals surface area contributed by atoms with Crippen molar-refractivity contribution < 1.29 is 9.53 Å². The molecule has 1 amide bonds. The third-order valence-corrected chi connectivity index (χ3v) is 3.08. The molecule has 0 atom stereocenters. The zero-order valence-corrected chi connectivity index (χ0v) is 12.2. The molecule has 106 valence electrons. The van der Waals surface area contributed by atoms with Crippen molar-refractivity contribution in [1.29, 1.82) is 0 Å². The molecule has 2 N–H and O–H groups in total. The lowest BCUT2D eigenvalue weighted by Crippen LogP contribution is -2.20. The first kappa shape index (κ1) is 14.1. The highest BCUT2D eigenvalue weighted by molar-refractivity contribution is 5.91. The van der Waals surface area contributed by atoms with Gasteiger partial charge in [-0.25, -0.2) is 0 Å². The van der Waals surface area contributed by atoms with E-state index in [1.165, 1.54) is 0 Å². The Labute approximate surface area is 118 Å². The van der Waals surface area contributed by atoms with Crippen molar-refractivity contribution in [1.82, 2.24) is 10.2 Å². The monoisotopic (exact) mass is 273 g/mol. The zero-order chi connectivity index (χ0) is 14.7. The number of nitrogens with zero attached hydrogens (tertiary/aromatic N) is 1. The van der Waals surface area contributed by atoms with Crippen LogP contribution in [-0.4, -0.2) is 22.7 Å². The first-order chi connectivity index (χ1) is 9.45. The van der Waals surface area contributed by atoms with Crippen LogP contribution in [0.25, 0.3) is 0 Å². The Bertz CT molecular complexity index is 612. The summed E-state index contributed by atoms with van der Waals surface area (Å²) in [5.74, 6) is 1.03. The van der Waals surface area contributed by atoms with Gasteiger partial charge in [0.15, 0.2) is 12.4 Å². The lowest BCUT2D eigenvalue weighted by molar-refractivity contribution is -0.118. The van der Waals surface area contributed by atoms with E-state index in [1.54, 1.807) is 0 Å². The van der Waals surface area contributed by atoms with Crippen molar-refractivity contribution in [3.05, 3.63) is 40.6 Å². The lowest BCUT2D eigenvalue weighted by Gasteiger charge is -2.08. The zero-order valence-electron chi connectivity index (χ0n) is 12.2. The molecule has 2 aromatic rings. The molecule has 20 heavy (non-hydrogen) atoms. The number of aromatic nitrogens is 2. The Balaban J connectivity index is 1.94. The molecule has 0 aliphatic carbocycles. The number of hydrogen-bond donors (Lipinski definition) is 2. The molecule has 5 heteroatoms. The fourth-order valence-electron chi connectivity index (χ4n) is 1.94. The number of carbonyl (C=O) groups excluding carboxylic acids is 1. The lowest BCUT2D eigenvalue weighted by atomic mass is 10.1. The van der Waals surface area contributed by atoms with Crippen LogP contribution in [0.3, 0.4) is 0 Å². The average molecular weight is 273 g/mol. The highest BCUT2D eigenvalue weighted by Crippen LogP contribution is 2.17. The Hall–Kier alpha value is -2.30. The molecular formula is C15H19N3O2. The van der Waals surface area contributed by atoms with Crippen LogP contribution in [-0.2, 0) is 4.79 Å². The van der Waals surface area contributed by atoms with Crippen molar-refractivity contribution in [3.8, 4) is 5.75 Å². The summed E-state index contributed by atoms with van der Waals surface area (Å²) in [6.07, 6.45) is 0. The van der Waals surface area contributed by atoms with Gasteiger partial charge in [0.1, 0.15) is 5.75 Å². The van der Waals surface area contributed by atoms with Crippen LogP contribution in [0.4, 0.5) is 5.82 Å². The third kappa shape index (κ3) is 3.38. The minimum Gasteiger partial charge on any atom is -0.484 e. The van der Waals surface area contributed by atoms with E-state index in [1.807, 2.05) is 39.8 Å². The van der Waals surface area contributed by atoms with Crippen LogP contribution < -0.4 is 10.1 Å². The van der Waals surface area contributed by atoms with Gasteiger partial charge in [0, 0.05) is 11.3 Å². The summed E-state index contributed by atoms with van der Waals surface area (Å²) in [6, 6.07) is 5.87. The second kappa shape index (κ2) is 5.77. The predicted octanol–water partition coefficient (Wildman–Crippen LogP) is 2.66. The van der Waals surface area contributed by atoms with Crippen molar-refractivity contribution in [2.24, 2.45) is 0 Å². The number of rotatable bonds is 4. The first-order valence-corrected chi connectivity index (χ1v) is 6.48. The van der Waals surface area contributed by atoms with Crippen molar-refractivity contribution in [3.63, 3.8) is 0 Å². The van der Waals surface area contributed by atoms with E-state index >= 15 is 0 Å². The molecule has 0 fully saturated rings. The number of benzene rings is 1. The number of carbonyl (C=O) groups is 1. The molecule has 0 bridgehead atoms. The van der Waals surface area contributed by atoms with Crippen LogP contribution in [0, 0.1) is 27.7 Å². The normalized spacial score (nSPS) is 10.4. The van der Waals surface area contributed by atoms with Crippen LogP contribution in [0.5, 0.6) is 5.75 Å². The molecule has 1 aromatic heterocycles. The van der Waals surface area contributed by atoms with Crippen LogP contribution in [0.15, 0.2) is 18.2 Å². The first-order valence-electron chi connectivity index (χ1n) is 6.48. The molecule has 1 heterocycles. The summed E-state index contributed by atoms with van der Waals surface area (Å²) in [4.78, 5) is 11.8.